The SMILES string of the molecule is CC(C)CCC(=O)NCC1(C(=O)O)CCCCC1. The average molecular weight is 255 g/mol. The lowest BCUT2D eigenvalue weighted by Crippen LogP contribution is -2.44. The van der Waals surface area contributed by atoms with Crippen molar-refractivity contribution in [3.63, 3.8) is 0 Å². The Hall–Kier alpha value is -1.06. The van der Waals surface area contributed by atoms with E-state index in [1.807, 2.05) is 0 Å². The van der Waals surface area contributed by atoms with E-state index in [2.05, 4.69) is 19.2 Å². The number of amides is 1. The minimum Gasteiger partial charge on any atom is -0.481 e. The van der Waals surface area contributed by atoms with Crippen LogP contribution < -0.4 is 5.32 Å². The number of nitrogens with one attached hydrogen (secondary N) is 1. The Kier molecular flexibility index (Phi) is 5.63. The van der Waals surface area contributed by atoms with Crippen molar-refractivity contribution in [3.8, 4) is 0 Å². The molecule has 0 saturated heterocycles. The van der Waals surface area contributed by atoms with E-state index in [0.717, 1.165) is 25.7 Å². The molecule has 1 rings (SSSR count). The van der Waals surface area contributed by atoms with Crippen LogP contribution in [0.5, 0.6) is 0 Å². The Morgan fingerprint density at radius 3 is 2.33 bits per heavy atom. The maximum Gasteiger partial charge on any atom is 0.311 e. The van der Waals surface area contributed by atoms with E-state index >= 15 is 0 Å². The summed E-state index contributed by atoms with van der Waals surface area (Å²) in [5, 5.41) is 12.2. The van der Waals surface area contributed by atoms with Crippen LogP contribution in [0.2, 0.25) is 0 Å². The van der Waals surface area contributed by atoms with Crippen molar-refractivity contribution in [1.82, 2.24) is 5.32 Å². The van der Waals surface area contributed by atoms with E-state index in [9.17, 15) is 14.7 Å². The molecule has 0 bridgehead atoms. The molecule has 0 aromatic carbocycles. The molecular formula is C14H25NO3. The van der Waals surface area contributed by atoms with Gasteiger partial charge in [-0.05, 0) is 25.2 Å². The quantitative estimate of drug-likeness (QED) is 0.766. The van der Waals surface area contributed by atoms with Gasteiger partial charge in [-0.2, -0.15) is 0 Å². The minimum atomic E-state index is -0.758. The van der Waals surface area contributed by atoms with Gasteiger partial charge in [0.05, 0.1) is 5.41 Å². The summed E-state index contributed by atoms with van der Waals surface area (Å²) in [6, 6.07) is 0. The maximum atomic E-state index is 11.7. The molecular weight excluding hydrogens is 230 g/mol. The number of aliphatic carboxylic acids is 1. The first kappa shape index (κ1) is 15.0. The molecule has 0 radical (unpaired) electrons. The number of carbonyl (C=O) groups excluding carboxylic acids is 1. The summed E-state index contributed by atoms with van der Waals surface area (Å²) >= 11 is 0. The lowest BCUT2D eigenvalue weighted by molar-refractivity contribution is -0.151. The van der Waals surface area contributed by atoms with Gasteiger partial charge < -0.3 is 10.4 Å². The Morgan fingerprint density at radius 1 is 1.22 bits per heavy atom. The molecule has 18 heavy (non-hydrogen) atoms. The monoisotopic (exact) mass is 255 g/mol. The summed E-state index contributed by atoms with van der Waals surface area (Å²) in [7, 11) is 0. The Morgan fingerprint density at radius 2 is 1.83 bits per heavy atom. The van der Waals surface area contributed by atoms with Crippen LogP contribution in [0.4, 0.5) is 0 Å². The topological polar surface area (TPSA) is 66.4 Å². The first-order chi connectivity index (χ1) is 8.46. The Balaban J connectivity index is 2.42. The highest BCUT2D eigenvalue weighted by Crippen LogP contribution is 2.36. The summed E-state index contributed by atoms with van der Waals surface area (Å²) in [5.41, 5.74) is -0.717. The molecule has 1 saturated carbocycles. The van der Waals surface area contributed by atoms with Crippen LogP contribution in [-0.4, -0.2) is 23.5 Å². The molecule has 0 spiro atoms. The molecule has 1 amide bonds. The number of carbonyl (C=O) groups is 2. The third-order valence-corrected chi connectivity index (χ3v) is 3.84. The van der Waals surface area contributed by atoms with Gasteiger partial charge in [0, 0.05) is 13.0 Å². The zero-order valence-corrected chi connectivity index (χ0v) is 11.5. The van der Waals surface area contributed by atoms with Gasteiger partial charge in [-0.3, -0.25) is 9.59 Å². The van der Waals surface area contributed by atoms with Crippen LogP contribution in [0, 0.1) is 11.3 Å². The third kappa shape index (κ3) is 4.31. The van der Waals surface area contributed by atoms with Gasteiger partial charge in [0.1, 0.15) is 0 Å². The van der Waals surface area contributed by atoms with E-state index in [1.54, 1.807) is 0 Å². The molecule has 1 fully saturated rings. The number of rotatable bonds is 6. The minimum absolute atomic E-state index is 0.0186. The van der Waals surface area contributed by atoms with Gasteiger partial charge >= 0.3 is 5.97 Å². The van der Waals surface area contributed by atoms with Gasteiger partial charge in [-0.25, -0.2) is 0 Å². The molecule has 0 aromatic heterocycles. The summed E-state index contributed by atoms with van der Waals surface area (Å²) in [6.07, 6.45) is 5.73. The molecule has 4 nitrogen and oxygen atoms in total. The molecule has 1 aliphatic rings. The first-order valence-corrected chi connectivity index (χ1v) is 6.96. The highest BCUT2D eigenvalue weighted by atomic mass is 16.4. The van der Waals surface area contributed by atoms with E-state index in [-0.39, 0.29) is 5.91 Å². The largest absolute Gasteiger partial charge is 0.481 e. The smallest absolute Gasteiger partial charge is 0.311 e. The van der Waals surface area contributed by atoms with E-state index in [0.29, 0.717) is 31.7 Å². The Bertz CT molecular complexity index is 293. The van der Waals surface area contributed by atoms with Crippen molar-refractivity contribution >= 4 is 11.9 Å². The van der Waals surface area contributed by atoms with E-state index < -0.39 is 11.4 Å². The molecule has 104 valence electrons. The number of carboxylic acid groups (broad SMARTS) is 1. The standard InChI is InChI=1S/C14H25NO3/c1-11(2)6-7-12(16)15-10-14(13(17)18)8-4-3-5-9-14/h11H,3-10H2,1-2H3,(H,15,16)(H,17,18). The fourth-order valence-electron chi connectivity index (χ4n) is 2.47. The molecule has 0 unspecified atom stereocenters. The van der Waals surface area contributed by atoms with Crippen molar-refractivity contribution in [2.75, 3.05) is 6.54 Å². The first-order valence-electron chi connectivity index (χ1n) is 6.96. The van der Waals surface area contributed by atoms with E-state index in [4.69, 9.17) is 0 Å². The van der Waals surface area contributed by atoms with Gasteiger partial charge in [0.15, 0.2) is 0 Å². The zero-order valence-electron chi connectivity index (χ0n) is 11.5. The fraction of sp³-hybridized carbons (Fsp3) is 0.857. The molecule has 0 aromatic rings. The van der Waals surface area contributed by atoms with Gasteiger partial charge in [-0.15, -0.1) is 0 Å². The normalized spacial score (nSPS) is 18.6. The number of carboxylic acids is 1. The highest BCUT2D eigenvalue weighted by molar-refractivity contribution is 5.79. The molecule has 2 N–H and O–H groups in total. The Labute approximate surface area is 109 Å². The molecule has 0 aliphatic heterocycles. The third-order valence-electron chi connectivity index (χ3n) is 3.84. The number of hydrogen-bond donors (Lipinski definition) is 2. The van der Waals surface area contributed by atoms with Gasteiger partial charge in [-0.1, -0.05) is 33.1 Å². The van der Waals surface area contributed by atoms with Crippen molar-refractivity contribution in [2.45, 2.75) is 58.8 Å². The summed E-state index contributed by atoms with van der Waals surface area (Å²) < 4.78 is 0. The van der Waals surface area contributed by atoms with Crippen LogP contribution in [0.1, 0.15) is 58.8 Å². The maximum absolute atomic E-state index is 11.7. The average Bonchev–Trinajstić information content (AvgIpc) is 2.34. The van der Waals surface area contributed by atoms with Crippen molar-refractivity contribution in [1.29, 1.82) is 0 Å². The van der Waals surface area contributed by atoms with Gasteiger partial charge in [0.25, 0.3) is 0 Å². The van der Waals surface area contributed by atoms with Crippen molar-refractivity contribution in [2.24, 2.45) is 11.3 Å². The van der Waals surface area contributed by atoms with Crippen LogP contribution in [0.3, 0.4) is 0 Å². The van der Waals surface area contributed by atoms with Crippen LogP contribution in [0.15, 0.2) is 0 Å². The zero-order chi connectivity index (χ0) is 13.6. The molecule has 0 atom stereocenters. The van der Waals surface area contributed by atoms with Crippen molar-refractivity contribution in [3.05, 3.63) is 0 Å². The number of hydrogen-bond acceptors (Lipinski definition) is 2. The second-order valence-electron chi connectivity index (χ2n) is 5.86. The predicted octanol–water partition coefficient (Wildman–Crippen LogP) is 2.57. The van der Waals surface area contributed by atoms with Crippen LogP contribution in [0.25, 0.3) is 0 Å². The van der Waals surface area contributed by atoms with Gasteiger partial charge in [0.2, 0.25) is 5.91 Å². The lowest BCUT2D eigenvalue weighted by Gasteiger charge is -2.33. The second kappa shape index (κ2) is 6.76. The highest BCUT2D eigenvalue weighted by Gasteiger charge is 2.39. The summed E-state index contributed by atoms with van der Waals surface area (Å²) in [6.45, 7) is 4.44. The summed E-state index contributed by atoms with van der Waals surface area (Å²) in [5.74, 6) is -0.278. The van der Waals surface area contributed by atoms with Crippen LogP contribution in [-0.2, 0) is 9.59 Å². The molecule has 4 heteroatoms. The summed E-state index contributed by atoms with van der Waals surface area (Å²) in [4.78, 5) is 23.1. The van der Waals surface area contributed by atoms with E-state index in [1.165, 1.54) is 0 Å². The van der Waals surface area contributed by atoms with Crippen molar-refractivity contribution < 1.29 is 14.7 Å². The van der Waals surface area contributed by atoms with Crippen LogP contribution >= 0.6 is 0 Å². The molecule has 1 aliphatic carbocycles. The fourth-order valence-corrected chi connectivity index (χ4v) is 2.47. The lowest BCUT2D eigenvalue weighted by atomic mass is 9.74. The second-order valence-corrected chi connectivity index (χ2v) is 5.86. The molecule has 0 heterocycles. The predicted molar refractivity (Wildman–Crippen MR) is 70.2 cm³/mol.